The summed E-state index contributed by atoms with van der Waals surface area (Å²) in [6.45, 7) is 1.87. The largest absolute Gasteiger partial charge is 0.358 e. The first-order valence-corrected chi connectivity index (χ1v) is 4.52. The third-order valence-electron chi connectivity index (χ3n) is 1.59. The number of aromatic nitrogens is 2. The molecule has 7 heteroatoms. The fraction of sp³-hybridized carbons (Fsp3) is 0.333. The van der Waals surface area contributed by atoms with E-state index in [1.807, 2.05) is 0 Å². The van der Waals surface area contributed by atoms with Gasteiger partial charge >= 0.3 is 5.82 Å². The van der Waals surface area contributed by atoms with E-state index in [4.69, 9.17) is 0 Å². The average molecular weight is 222 g/mol. The SMILES string of the molecule is CC(=O)NCCC#Cc1ncc([N+](=O)[O-])[nH]1. The Hall–Kier alpha value is -2.36. The molecule has 1 rings (SSSR count). The van der Waals surface area contributed by atoms with Crippen LogP contribution in [0.25, 0.3) is 0 Å². The van der Waals surface area contributed by atoms with Crippen LogP contribution in [0.4, 0.5) is 5.82 Å². The summed E-state index contributed by atoms with van der Waals surface area (Å²) in [5.41, 5.74) is 0. The first-order chi connectivity index (χ1) is 7.59. The Bertz CT molecular complexity index is 455. The molecule has 0 atom stereocenters. The van der Waals surface area contributed by atoms with Crippen molar-refractivity contribution in [1.82, 2.24) is 15.3 Å². The summed E-state index contributed by atoms with van der Waals surface area (Å²) in [5, 5.41) is 12.9. The van der Waals surface area contributed by atoms with E-state index >= 15 is 0 Å². The number of hydrogen-bond acceptors (Lipinski definition) is 4. The molecule has 7 nitrogen and oxygen atoms in total. The van der Waals surface area contributed by atoms with Gasteiger partial charge in [-0.1, -0.05) is 5.92 Å². The average Bonchev–Trinajstić information content (AvgIpc) is 2.65. The van der Waals surface area contributed by atoms with E-state index in [0.717, 1.165) is 6.20 Å². The van der Waals surface area contributed by atoms with Crippen molar-refractivity contribution in [2.75, 3.05) is 6.54 Å². The summed E-state index contributed by atoms with van der Waals surface area (Å²) in [4.78, 5) is 26.4. The maximum absolute atomic E-state index is 10.5. The van der Waals surface area contributed by atoms with Gasteiger partial charge in [0.05, 0.1) is 0 Å². The van der Waals surface area contributed by atoms with Crippen LogP contribution in [0.3, 0.4) is 0 Å². The lowest BCUT2D eigenvalue weighted by Gasteiger charge is -1.93. The first kappa shape index (κ1) is 11.7. The van der Waals surface area contributed by atoms with Crippen molar-refractivity contribution in [2.45, 2.75) is 13.3 Å². The third kappa shape index (κ3) is 3.79. The molecule has 1 amide bonds. The molecule has 0 radical (unpaired) electrons. The Morgan fingerprint density at radius 3 is 3.06 bits per heavy atom. The quantitative estimate of drug-likeness (QED) is 0.330. The molecule has 84 valence electrons. The molecule has 0 fully saturated rings. The van der Waals surface area contributed by atoms with Crippen molar-refractivity contribution < 1.29 is 9.72 Å². The first-order valence-electron chi connectivity index (χ1n) is 4.52. The fourth-order valence-electron chi connectivity index (χ4n) is 0.915. The second-order valence-electron chi connectivity index (χ2n) is 2.91. The molecule has 0 saturated heterocycles. The lowest BCUT2D eigenvalue weighted by Crippen LogP contribution is -2.20. The van der Waals surface area contributed by atoms with Gasteiger partial charge in [0.15, 0.2) is 0 Å². The topological polar surface area (TPSA) is 101 Å². The van der Waals surface area contributed by atoms with Crippen LogP contribution in [0.15, 0.2) is 6.20 Å². The Balaban J connectivity index is 2.44. The highest BCUT2D eigenvalue weighted by Crippen LogP contribution is 2.04. The van der Waals surface area contributed by atoms with E-state index in [1.54, 1.807) is 0 Å². The summed E-state index contributed by atoms with van der Waals surface area (Å²) in [6, 6.07) is 0. The van der Waals surface area contributed by atoms with E-state index in [2.05, 4.69) is 27.1 Å². The number of nitro groups is 1. The van der Waals surface area contributed by atoms with E-state index in [-0.39, 0.29) is 17.5 Å². The Kier molecular flexibility index (Phi) is 4.03. The Morgan fingerprint density at radius 1 is 1.75 bits per heavy atom. The molecule has 1 aromatic rings. The molecule has 0 aliphatic carbocycles. The van der Waals surface area contributed by atoms with Gasteiger partial charge in [-0.15, -0.1) is 0 Å². The molecule has 1 heterocycles. The number of carbonyl (C=O) groups excluding carboxylic acids is 1. The molecular formula is C9H10N4O3. The monoisotopic (exact) mass is 222 g/mol. The van der Waals surface area contributed by atoms with Crippen LogP contribution in [-0.2, 0) is 4.79 Å². The summed E-state index contributed by atoms with van der Waals surface area (Å²) < 4.78 is 0. The molecule has 0 aliphatic rings. The predicted molar refractivity (Wildman–Crippen MR) is 55.4 cm³/mol. The maximum Gasteiger partial charge on any atom is 0.341 e. The van der Waals surface area contributed by atoms with E-state index in [9.17, 15) is 14.9 Å². The van der Waals surface area contributed by atoms with Gasteiger partial charge in [-0.3, -0.25) is 4.79 Å². The number of carbonyl (C=O) groups is 1. The summed E-state index contributed by atoms with van der Waals surface area (Å²) in [6.07, 6.45) is 1.58. The molecule has 0 unspecified atom stereocenters. The van der Waals surface area contributed by atoms with Gasteiger partial charge in [-0.2, -0.15) is 0 Å². The fourth-order valence-corrected chi connectivity index (χ4v) is 0.915. The van der Waals surface area contributed by atoms with Crippen LogP contribution in [-0.4, -0.2) is 27.3 Å². The van der Waals surface area contributed by atoms with Gasteiger partial charge in [-0.05, 0) is 10.8 Å². The zero-order chi connectivity index (χ0) is 12.0. The van der Waals surface area contributed by atoms with E-state index in [0.29, 0.717) is 13.0 Å². The Labute approximate surface area is 91.4 Å². The van der Waals surface area contributed by atoms with Gasteiger partial charge in [-0.25, -0.2) is 9.97 Å². The smallest absolute Gasteiger partial charge is 0.341 e. The van der Waals surface area contributed by atoms with Gasteiger partial charge in [0.2, 0.25) is 5.91 Å². The summed E-state index contributed by atoms with van der Waals surface area (Å²) in [7, 11) is 0. The Morgan fingerprint density at radius 2 is 2.50 bits per heavy atom. The summed E-state index contributed by atoms with van der Waals surface area (Å²) in [5.74, 6) is 5.29. The van der Waals surface area contributed by atoms with Crippen molar-refractivity contribution in [1.29, 1.82) is 0 Å². The zero-order valence-corrected chi connectivity index (χ0v) is 8.61. The normalized spacial score (nSPS) is 9.06. The molecule has 0 bridgehead atoms. The number of imidazole rings is 1. The van der Waals surface area contributed by atoms with E-state index in [1.165, 1.54) is 6.92 Å². The highest BCUT2D eigenvalue weighted by atomic mass is 16.6. The number of nitrogens with zero attached hydrogens (tertiary/aromatic N) is 2. The van der Waals surface area contributed by atoms with Crippen molar-refractivity contribution >= 4 is 11.7 Å². The number of hydrogen-bond donors (Lipinski definition) is 2. The number of amides is 1. The zero-order valence-electron chi connectivity index (χ0n) is 8.61. The standard InChI is InChI=1S/C9H10N4O3/c1-7(14)10-5-3-2-4-8-11-6-9(12-8)13(15)16/h6H,3,5H2,1H3,(H,10,14)(H,11,12). The molecule has 16 heavy (non-hydrogen) atoms. The highest BCUT2D eigenvalue weighted by molar-refractivity contribution is 5.72. The van der Waals surface area contributed by atoms with Crippen molar-refractivity contribution in [2.24, 2.45) is 0 Å². The van der Waals surface area contributed by atoms with Gasteiger partial charge in [0.1, 0.15) is 6.20 Å². The lowest BCUT2D eigenvalue weighted by atomic mass is 10.4. The highest BCUT2D eigenvalue weighted by Gasteiger charge is 2.06. The molecular weight excluding hydrogens is 212 g/mol. The second kappa shape index (κ2) is 5.50. The third-order valence-corrected chi connectivity index (χ3v) is 1.59. The summed E-state index contributed by atoms with van der Waals surface area (Å²) >= 11 is 0. The molecule has 1 aromatic heterocycles. The molecule has 0 aromatic carbocycles. The van der Waals surface area contributed by atoms with Crippen LogP contribution in [0, 0.1) is 22.0 Å². The number of H-pyrrole nitrogens is 1. The van der Waals surface area contributed by atoms with Crippen molar-refractivity contribution in [3.63, 3.8) is 0 Å². The van der Waals surface area contributed by atoms with Gasteiger partial charge < -0.3 is 15.4 Å². The van der Waals surface area contributed by atoms with Crippen LogP contribution in [0.1, 0.15) is 19.2 Å². The van der Waals surface area contributed by atoms with Crippen LogP contribution < -0.4 is 5.32 Å². The van der Waals surface area contributed by atoms with Crippen LogP contribution in [0.2, 0.25) is 0 Å². The minimum atomic E-state index is -0.574. The minimum Gasteiger partial charge on any atom is -0.358 e. The molecule has 0 saturated carbocycles. The lowest BCUT2D eigenvalue weighted by molar-refractivity contribution is -0.389. The molecule has 0 aliphatic heterocycles. The van der Waals surface area contributed by atoms with E-state index < -0.39 is 4.92 Å². The van der Waals surface area contributed by atoms with Crippen LogP contribution >= 0.6 is 0 Å². The maximum atomic E-state index is 10.5. The van der Waals surface area contributed by atoms with Crippen molar-refractivity contribution in [3.05, 3.63) is 22.1 Å². The second-order valence-corrected chi connectivity index (χ2v) is 2.91. The minimum absolute atomic E-state index is 0.115. The number of nitrogens with one attached hydrogen (secondary N) is 2. The molecule has 0 spiro atoms. The van der Waals surface area contributed by atoms with Gasteiger partial charge in [0.25, 0.3) is 5.82 Å². The van der Waals surface area contributed by atoms with Gasteiger partial charge in [0, 0.05) is 19.9 Å². The van der Waals surface area contributed by atoms with Crippen LogP contribution in [0.5, 0.6) is 0 Å². The predicted octanol–water partition coefficient (Wildman–Crippen LogP) is 0.196. The number of aromatic amines is 1. The number of rotatable bonds is 3. The van der Waals surface area contributed by atoms with Crippen molar-refractivity contribution in [3.8, 4) is 11.8 Å². The molecule has 2 N–H and O–H groups in total.